The summed E-state index contributed by atoms with van der Waals surface area (Å²) in [5, 5.41) is 0. The molecular weight excluding hydrogens is 300 g/mol. The van der Waals surface area contributed by atoms with Crippen LogP contribution in [0.2, 0.25) is 0 Å². The van der Waals surface area contributed by atoms with Crippen molar-refractivity contribution < 1.29 is 13.7 Å². The first-order valence-corrected chi connectivity index (χ1v) is 9.61. The van der Waals surface area contributed by atoms with Gasteiger partial charge in [0, 0.05) is 39.0 Å². The molecule has 1 aromatic rings. The number of hydrogen-bond donors (Lipinski definition) is 3. The first-order chi connectivity index (χ1) is 10.3. The Bertz CT molecular complexity index is 428. The van der Waals surface area contributed by atoms with Crippen LogP contribution in [0.3, 0.4) is 0 Å². The smallest absolute Gasteiger partial charge is 0.0779 e. The second-order valence-corrected chi connectivity index (χ2v) is 8.25. The van der Waals surface area contributed by atoms with E-state index in [1.165, 1.54) is 38.2 Å². The van der Waals surface area contributed by atoms with Gasteiger partial charge in [-0.2, -0.15) is 0 Å². The summed E-state index contributed by atoms with van der Waals surface area (Å²) in [5.41, 5.74) is 1.46. The van der Waals surface area contributed by atoms with Crippen molar-refractivity contribution in [1.82, 2.24) is 9.80 Å². The van der Waals surface area contributed by atoms with Gasteiger partial charge >= 0.3 is 0 Å². The van der Waals surface area contributed by atoms with Crippen LogP contribution in [0, 0.1) is 11.8 Å². The molecule has 2 bridgehead atoms. The van der Waals surface area contributed by atoms with Crippen LogP contribution in [0.1, 0.15) is 12.0 Å². The summed E-state index contributed by atoms with van der Waals surface area (Å²) in [6, 6.07) is 10.9. The fraction of sp³-hybridized carbons (Fsp3) is 0.625. The fourth-order valence-corrected chi connectivity index (χ4v) is 3.62. The van der Waals surface area contributed by atoms with Gasteiger partial charge in [-0.1, -0.05) is 30.3 Å². The van der Waals surface area contributed by atoms with E-state index in [-0.39, 0.29) is 0 Å². The van der Waals surface area contributed by atoms with Gasteiger partial charge in [-0.15, -0.1) is 0 Å². The molecule has 2 atom stereocenters. The van der Waals surface area contributed by atoms with Crippen molar-refractivity contribution >= 4 is 10.9 Å². The Morgan fingerprint density at radius 2 is 1.50 bits per heavy atom. The summed E-state index contributed by atoms with van der Waals surface area (Å²) in [6.45, 7) is 6.30. The molecule has 0 aromatic heterocycles. The third-order valence-electron chi connectivity index (χ3n) is 4.09. The molecule has 2 aliphatic heterocycles. The minimum Gasteiger partial charge on any atom is -0.308 e. The molecule has 5 nitrogen and oxygen atoms in total. The molecule has 2 unspecified atom stereocenters. The van der Waals surface area contributed by atoms with E-state index in [1.807, 2.05) is 0 Å². The van der Waals surface area contributed by atoms with E-state index >= 15 is 0 Å². The zero-order valence-corrected chi connectivity index (χ0v) is 14.2. The topological polar surface area (TPSA) is 67.2 Å². The molecule has 0 spiro atoms. The van der Waals surface area contributed by atoms with Crippen molar-refractivity contribution in [3.8, 4) is 0 Å². The predicted molar refractivity (Wildman–Crippen MR) is 92.2 cm³/mol. The quantitative estimate of drug-likeness (QED) is 0.779. The van der Waals surface area contributed by atoms with Crippen LogP contribution in [0.4, 0.5) is 0 Å². The molecule has 0 amide bonds. The Morgan fingerprint density at radius 3 is 2.00 bits per heavy atom. The van der Waals surface area contributed by atoms with Gasteiger partial charge in [0.1, 0.15) is 0 Å². The van der Waals surface area contributed by atoms with E-state index in [0.29, 0.717) is 0 Å². The highest BCUT2D eigenvalue weighted by Gasteiger charge is 2.32. The van der Waals surface area contributed by atoms with E-state index in [1.54, 1.807) is 0 Å². The monoisotopic (exact) mass is 328 g/mol. The van der Waals surface area contributed by atoms with Gasteiger partial charge in [0.2, 0.25) is 0 Å². The van der Waals surface area contributed by atoms with Gasteiger partial charge in [-0.05, 0) is 30.9 Å². The standard InChI is InChI=1S/C15H22N2.CH6O3S/c1-16-8-14-7-15(9-16)12-17(11-14)10-13-5-3-2-4-6-13;1-5(2,3)4/h2-6,14-15H,7-12H2,1H3;2-4H,1H3. The van der Waals surface area contributed by atoms with Crippen LogP contribution >= 0.6 is 10.9 Å². The van der Waals surface area contributed by atoms with Crippen molar-refractivity contribution in [2.24, 2.45) is 11.8 Å². The average Bonchev–Trinajstić information content (AvgIpc) is 2.36. The van der Waals surface area contributed by atoms with E-state index < -0.39 is 10.9 Å². The van der Waals surface area contributed by atoms with E-state index in [4.69, 9.17) is 13.7 Å². The van der Waals surface area contributed by atoms with E-state index in [2.05, 4.69) is 47.2 Å². The summed E-state index contributed by atoms with van der Waals surface area (Å²) < 4.78 is 23.1. The van der Waals surface area contributed by atoms with Gasteiger partial charge in [-0.25, -0.2) is 0 Å². The Balaban J connectivity index is 0.000000309. The average molecular weight is 328 g/mol. The lowest BCUT2D eigenvalue weighted by molar-refractivity contribution is 0.0392. The molecule has 3 rings (SSSR count). The molecule has 2 heterocycles. The molecule has 126 valence electrons. The molecule has 0 radical (unpaired) electrons. The van der Waals surface area contributed by atoms with Crippen LogP contribution in [-0.2, 0) is 6.54 Å². The van der Waals surface area contributed by atoms with Gasteiger partial charge in [0.05, 0.1) is 10.9 Å². The zero-order chi connectivity index (χ0) is 16.2. The largest absolute Gasteiger partial charge is 0.308 e. The molecule has 3 N–H and O–H groups in total. The van der Waals surface area contributed by atoms with Gasteiger partial charge in [-0.3, -0.25) is 4.90 Å². The number of rotatable bonds is 2. The molecule has 2 saturated heterocycles. The Hall–Kier alpha value is -0.630. The Morgan fingerprint density at radius 1 is 1.00 bits per heavy atom. The van der Waals surface area contributed by atoms with Crippen molar-refractivity contribution in [3.05, 3.63) is 35.9 Å². The van der Waals surface area contributed by atoms with E-state index in [0.717, 1.165) is 24.6 Å². The maximum Gasteiger partial charge on any atom is 0.0779 e. The number of piperidine rings is 2. The summed E-state index contributed by atoms with van der Waals surface area (Å²) >= 11 is 0. The van der Waals surface area contributed by atoms with Crippen molar-refractivity contribution in [2.45, 2.75) is 13.0 Å². The zero-order valence-electron chi connectivity index (χ0n) is 13.4. The Kier molecular flexibility index (Phi) is 6.26. The molecule has 0 aliphatic carbocycles. The van der Waals surface area contributed by atoms with Crippen molar-refractivity contribution in [2.75, 3.05) is 39.5 Å². The summed E-state index contributed by atoms with van der Waals surface area (Å²) in [6.07, 6.45) is 2.39. The number of benzene rings is 1. The number of hydrogen-bond acceptors (Lipinski definition) is 5. The normalized spacial score (nSPS) is 27.0. The molecule has 22 heavy (non-hydrogen) atoms. The molecule has 0 saturated carbocycles. The molecule has 2 aliphatic rings. The maximum atomic E-state index is 7.72. The third kappa shape index (κ3) is 6.64. The maximum absolute atomic E-state index is 7.72. The van der Waals surface area contributed by atoms with Crippen molar-refractivity contribution in [1.29, 1.82) is 0 Å². The summed E-state index contributed by atoms with van der Waals surface area (Å²) in [5.74, 6) is 1.80. The highest BCUT2D eigenvalue weighted by molar-refractivity contribution is 8.18. The predicted octanol–water partition coefficient (Wildman–Crippen LogP) is 2.91. The van der Waals surface area contributed by atoms with Gasteiger partial charge in [0.25, 0.3) is 0 Å². The van der Waals surface area contributed by atoms with Gasteiger partial charge < -0.3 is 18.6 Å². The lowest BCUT2D eigenvalue weighted by Gasteiger charge is -2.44. The molecule has 1 aromatic carbocycles. The third-order valence-corrected chi connectivity index (χ3v) is 4.09. The lowest BCUT2D eigenvalue weighted by Crippen LogP contribution is -2.51. The van der Waals surface area contributed by atoms with Gasteiger partial charge in [0.15, 0.2) is 0 Å². The second kappa shape index (κ2) is 7.77. The molecule has 6 heteroatoms. The summed E-state index contributed by atoms with van der Waals surface area (Å²) in [4.78, 5) is 5.17. The Labute approximate surface area is 135 Å². The number of fused-ring (bicyclic) bond motifs is 2. The van der Waals surface area contributed by atoms with E-state index in [9.17, 15) is 0 Å². The minimum atomic E-state index is -3.17. The SMILES string of the molecule is CN1CC2CC(C1)CN(Cc1ccccc1)C2.CS(O)(O)O. The highest BCUT2D eigenvalue weighted by Crippen LogP contribution is 2.28. The molecular formula is C16H28N2O3S. The van der Waals surface area contributed by atoms with Crippen LogP contribution < -0.4 is 0 Å². The number of nitrogens with zero attached hydrogens (tertiary/aromatic N) is 2. The second-order valence-electron chi connectivity index (χ2n) is 6.66. The van der Waals surface area contributed by atoms with Crippen LogP contribution in [-0.4, -0.2) is 62.9 Å². The lowest BCUT2D eigenvalue weighted by atomic mass is 9.85. The van der Waals surface area contributed by atoms with Crippen LogP contribution in [0.15, 0.2) is 30.3 Å². The minimum absolute atomic E-state index is 0.899. The van der Waals surface area contributed by atoms with Crippen LogP contribution in [0.5, 0.6) is 0 Å². The fourth-order valence-electron chi connectivity index (χ4n) is 3.62. The van der Waals surface area contributed by atoms with Crippen molar-refractivity contribution in [3.63, 3.8) is 0 Å². The number of likely N-dealkylation sites (tertiary alicyclic amines) is 2. The highest BCUT2D eigenvalue weighted by atomic mass is 32.3. The molecule has 2 fully saturated rings. The first-order valence-electron chi connectivity index (χ1n) is 7.70. The first kappa shape index (κ1) is 17.7. The summed E-state index contributed by atoms with van der Waals surface area (Å²) in [7, 11) is -0.897. The van der Waals surface area contributed by atoms with Crippen LogP contribution in [0.25, 0.3) is 0 Å².